The van der Waals surface area contributed by atoms with Crippen LogP contribution in [-0.4, -0.2) is 51.3 Å². The lowest BCUT2D eigenvalue weighted by Gasteiger charge is -2.36. The Morgan fingerprint density at radius 3 is 2.63 bits per heavy atom. The number of ether oxygens (including phenoxy) is 1. The highest BCUT2D eigenvalue weighted by atomic mass is 16.5. The minimum absolute atomic E-state index is 0.261. The van der Waals surface area contributed by atoms with Crippen molar-refractivity contribution in [1.82, 2.24) is 5.32 Å². The van der Waals surface area contributed by atoms with Gasteiger partial charge in [0.2, 0.25) is 5.91 Å². The lowest BCUT2D eigenvalue weighted by atomic mass is 9.99. The zero-order chi connectivity index (χ0) is 18.6. The summed E-state index contributed by atoms with van der Waals surface area (Å²) in [5, 5.41) is 3.93. The number of nitrogens with one attached hydrogen (secondary N) is 1. The molecule has 0 spiro atoms. The molecule has 0 radical (unpaired) electrons. The number of anilines is 2. The Kier molecular flexibility index (Phi) is 5.98. The summed E-state index contributed by atoms with van der Waals surface area (Å²) < 4.78 is 5.40. The number of nitrogens with zero attached hydrogens (tertiary/aromatic N) is 2. The van der Waals surface area contributed by atoms with Gasteiger partial charge in [-0.25, -0.2) is 0 Å². The fourth-order valence-corrected chi connectivity index (χ4v) is 5.06. The van der Waals surface area contributed by atoms with E-state index < -0.39 is 0 Å². The van der Waals surface area contributed by atoms with Crippen molar-refractivity contribution >= 4 is 17.3 Å². The van der Waals surface area contributed by atoms with Crippen molar-refractivity contribution in [3.05, 3.63) is 24.3 Å². The molecule has 1 aromatic rings. The molecule has 4 rings (SSSR count). The molecular formula is C22H33N3O2. The second-order valence-corrected chi connectivity index (χ2v) is 8.35. The number of carbonyl (C=O) groups is 1. The second kappa shape index (κ2) is 8.61. The topological polar surface area (TPSA) is 44.8 Å². The number of methoxy groups -OCH3 is 1. The maximum Gasteiger partial charge on any atom is 0.227 e. The molecule has 2 atom stereocenters. The summed E-state index contributed by atoms with van der Waals surface area (Å²) in [6.07, 6.45) is 7.95. The molecule has 5 heteroatoms. The van der Waals surface area contributed by atoms with Gasteiger partial charge >= 0.3 is 0 Å². The van der Waals surface area contributed by atoms with E-state index in [9.17, 15) is 4.79 Å². The van der Waals surface area contributed by atoms with Crippen LogP contribution in [0.15, 0.2) is 24.3 Å². The van der Waals surface area contributed by atoms with E-state index in [0.29, 0.717) is 24.4 Å². The van der Waals surface area contributed by atoms with Crippen LogP contribution in [0.5, 0.6) is 0 Å². The summed E-state index contributed by atoms with van der Waals surface area (Å²) >= 11 is 0. The van der Waals surface area contributed by atoms with Crippen LogP contribution < -0.4 is 15.1 Å². The van der Waals surface area contributed by atoms with Crippen LogP contribution >= 0.6 is 0 Å². The monoisotopic (exact) mass is 371 g/mol. The van der Waals surface area contributed by atoms with E-state index in [0.717, 1.165) is 38.3 Å². The predicted molar refractivity (Wildman–Crippen MR) is 109 cm³/mol. The third-order valence-corrected chi connectivity index (χ3v) is 6.56. The molecule has 0 unspecified atom stereocenters. The summed E-state index contributed by atoms with van der Waals surface area (Å²) in [7, 11) is 1.82. The van der Waals surface area contributed by atoms with Gasteiger partial charge in [-0.3, -0.25) is 4.79 Å². The number of carbonyl (C=O) groups excluding carboxylic acids is 1. The highest BCUT2D eigenvalue weighted by Gasteiger charge is 2.30. The van der Waals surface area contributed by atoms with E-state index in [4.69, 9.17) is 4.74 Å². The van der Waals surface area contributed by atoms with Crippen molar-refractivity contribution < 1.29 is 9.53 Å². The third-order valence-electron chi connectivity index (χ3n) is 6.56. The maximum absolute atomic E-state index is 12.0. The van der Waals surface area contributed by atoms with Crippen molar-refractivity contribution in [3.8, 4) is 0 Å². The summed E-state index contributed by atoms with van der Waals surface area (Å²) in [6.45, 7) is 3.91. The van der Waals surface area contributed by atoms with Gasteiger partial charge in [0.25, 0.3) is 0 Å². The lowest BCUT2D eigenvalue weighted by Crippen LogP contribution is -2.47. The largest absolute Gasteiger partial charge is 0.384 e. The Balaban J connectivity index is 1.32. The average Bonchev–Trinajstić information content (AvgIpc) is 3.32. The summed E-state index contributed by atoms with van der Waals surface area (Å²) in [5.74, 6) is 0.944. The number of rotatable bonds is 6. The normalized spacial score (nSPS) is 26.9. The van der Waals surface area contributed by atoms with Crippen molar-refractivity contribution in [3.63, 3.8) is 0 Å². The Morgan fingerprint density at radius 1 is 1.07 bits per heavy atom. The van der Waals surface area contributed by atoms with Crippen LogP contribution in [-0.2, 0) is 9.53 Å². The molecule has 3 fully saturated rings. The van der Waals surface area contributed by atoms with Crippen molar-refractivity contribution in [2.45, 2.75) is 57.0 Å². The van der Waals surface area contributed by atoms with Gasteiger partial charge in [-0.1, -0.05) is 12.5 Å². The van der Waals surface area contributed by atoms with Crippen molar-refractivity contribution in [2.75, 3.05) is 43.2 Å². The molecule has 3 aliphatic rings. The molecule has 2 heterocycles. The molecule has 2 aliphatic heterocycles. The quantitative estimate of drug-likeness (QED) is 0.834. The first-order valence-electron chi connectivity index (χ1n) is 10.6. The molecule has 5 nitrogen and oxygen atoms in total. The van der Waals surface area contributed by atoms with E-state index in [1.165, 1.54) is 37.8 Å². The van der Waals surface area contributed by atoms with Gasteiger partial charge in [0, 0.05) is 56.6 Å². The van der Waals surface area contributed by atoms with Gasteiger partial charge in [-0.2, -0.15) is 0 Å². The van der Waals surface area contributed by atoms with Gasteiger partial charge in [0.05, 0.1) is 6.61 Å². The van der Waals surface area contributed by atoms with Crippen LogP contribution in [0.3, 0.4) is 0 Å². The van der Waals surface area contributed by atoms with Crippen molar-refractivity contribution in [2.24, 2.45) is 5.92 Å². The van der Waals surface area contributed by atoms with Gasteiger partial charge < -0.3 is 19.9 Å². The number of piperidine rings is 1. The molecule has 1 N–H and O–H groups in total. The SMILES string of the molecule is COC[C@H]1CCC[C@H]1NC1CCN(c2cccc(N3CCCC3=O)c2)CC1. The minimum atomic E-state index is 0.261. The Morgan fingerprint density at radius 2 is 1.89 bits per heavy atom. The first-order chi connectivity index (χ1) is 13.2. The molecule has 0 aromatic heterocycles. The zero-order valence-corrected chi connectivity index (χ0v) is 16.5. The first kappa shape index (κ1) is 18.8. The van der Waals surface area contributed by atoms with Crippen LogP contribution in [0.4, 0.5) is 11.4 Å². The Hall–Kier alpha value is -1.59. The van der Waals surface area contributed by atoms with Gasteiger partial charge in [-0.15, -0.1) is 0 Å². The number of hydrogen-bond donors (Lipinski definition) is 1. The minimum Gasteiger partial charge on any atom is -0.384 e. The number of amides is 1. The molecule has 1 saturated carbocycles. The van der Waals surface area contributed by atoms with E-state index in [-0.39, 0.29) is 5.91 Å². The van der Waals surface area contributed by atoms with E-state index in [1.807, 2.05) is 12.0 Å². The average molecular weight is 372 g/mol. The Labute approximate surface area is 163 Å². The van der Waals surface area contributed by atoms with Crippen LogP contribution in [0, 0.1) is 5.92 Å². The van der Waals surface area contributed by atoms with Crippen LogP contribution in [0.25, 0.3) is 0 Å². The summed E-state index contributed by atoms with van der Waals surface area (Å²) in [6, 6.07) is 9.79. The summed E-state index contributed by atoms with van der Waals surface area (Å²) in [4.78, 5) is 16.5. The van der Waals surface area contributed by atoms with Gasteiger partial charge in [-0.05, 0) is 56.2 Å². The maximum atomic E-state index is 12.0. The molecular weight excluding hydrogens is 338 g/mol. The smallest absolute Gasteiger partial charge is 0.227 e. The van der Waals surface area contributed by atoms with E-state index in [2.05, 4.69) is 34.5 Å². The van der Waals surface area contributed by atoms with Gasteiger partial charge in [0.1, 0.15) is 0 Å². The first-order valence-corrected chi connectivity index (χ1v) is 10.6. The molecule has 27 heavy (non-hydrogen) atoms. The van der Waals surface area contributed by atoms with E-state index in [1.54, 1.807) is 0 Å². The van der Waals surface area contributed by atoms with E-state index >= 15 is 0 Å². The lowest BCUT2D eigenvalue weighted by molar-refractivity contribution is -0.117. The standard InChI is InChI=1S/C22H33N3O2/c1-27-16-17-5-2-8-21(17)23-18-10-13-24(14-11-18)19-6-3-7-20(15-19)25-12-4-9-22(25)26/h3,6-7,15,17-18,21,23H,2,4-5,8-14,16H2,1H3/t17-,21-/m1/s1. The molecule has 1 amide bonds. The molecule has 1 aromatic carbocycles. The highest BCUT2D eigenvalue weighted by molar-refractivity contribution is 5.95. The second-order valence-electron chi connectivity index (χ2n) is 8.35. The van der Waals surface area contributed by atoms with Crippen LogP contribution in [0.1, 0.15) is 44.9 Å². The highest BCUT2D eigenvalue weighted by Crippen LogP contribution is 2.30. The zero-order valence-electron chi connectivity index (χ0n) is 16.5. The third kappa shape index (κ3) is 4.30. The molecule has 1 aliphatic carbocycles. The summed E-state index contributed by atoms with van der Waals surface area (Å²) in [5.41, 5.74) is 2.31. The number of hydrogen-bond acceptors (Lipinski definition) is 4. The predicted octanol–water partition coefficient (Wildman–Crippen LogP) is 3.19. The molecule has 2 saturated heterocycles. The fraction of sp³-hybridized carbons (Fsp3) is 0.682. The molecule has 148 valence electrons. The Bertz CT molecular complexity index is 642. The fourth-order valence-electron chi connectivity index (χ4n) is 5.06. The van der Waals surface area contributed by atoms with Gasteiger partial charge in [0.15, 0.2) is 0 Å². The van der Waals surface area contributed by atoms with Crippen molar-refractivity contribution in [1.29, 1.82) is 0 Å². The van der Waals surface area contributed by atoms with Crippen LogP contribution in [0.2, 0.25) is 0 Å². The molecule has 0 bridgehead atoms. The number of benzene rings is 1.